The number of hydrogen-bond acceptors (Lipinski definition) is 5. The lowest BCUT2D eigenvalue weighted by Crippen LogP contribution is -2.20. The minimum absolute atomic E-state index is 0.223. The molecule has 6 heteroatoms. The molecule has 1 aliphatic carbocycles. The summed E-state index contributed by atoms with van der Waals surface area (Å²) in [7, 11) is 1.76. The van der Waals surface area contributed by atoms with E-state index in [0.29, 0.717) is 17.9 Å². The van der Waals surface area contributed by atoms with Gasteiger partial charge in [0.2, 0.25) is 17.2 Å². The Morgan fingerprint density at radius 2 is 1.65 bits per heavy atom. The maximum atomic E-state index is 5.84. The van der Waals surface area contributed by atoms with Crippen LogP contribution < -0.4 is 10.6 Å². The third-order valence-corrected chi connectivity index (χ3v) is 3.19. The summed E-state index contributed by atoms with van der Waals surface area (Å²) >= 11 is 5.84. The lowest BCUT2D eigenvalue weighted by molar-refractivity contribution is 0.614. The minimum atomic E-state index is 0.223. The van der Waals surface area contributed by atoms with Crippen molar-refractivity contribution in [1.29, 1.82) is 0 Å². The van der Waals surface area contributed by atoms with E-state index in [0.717, 1.165) is 0 Å². The summed E-state index contributed by atoms with van der Waals surface area (Å²) in [6.45, 7) is 0. The molecule has 94 valence electrons. The first-order valence-electron chi connectivity index (χ1n) is 6.14. The molecule has 1 saturated carbocycles. The average Bonchev–Trinajstić information content (AvgIpc) is 2.57. The first-order valence-corrected chi connectivity index (χ1v) is 6.51. The summed E-state index contributed by atoms with van der Waals surface area (Å²) in [6, 6.07) is 0.459. The van der Waals surface area contributed by atoms with Crippen LogP contribution in [0.25, 0.3) is 0 Å². The van der Waals surface area contributed by atoms with Gasteiger partial charge in [-0.15, -0.1) is 0 Å². The molecule has 0 unspecified atom stereocenters. The summed E-state index contributed by atoms with van der Waals surface area (Å²) in [6.07, 6.45) is 7.57. The number of hydrogen-bond donors (Lipinski definition) is 2. The summed E-state index contributed by atoms with van der Waals surface area (Å²) in [5.41, 5.74) is 0. The van der Waals surface area contributed by atoms with Crippen molar-refractivity contribution in [3.63, 3.8) is 0 Å². The molecule has 0 aliphatic heterocycles. The van der Waals surface area contributed by atoms with E-state index < -0.39 is 0 Å². The van der Waals surface area contributed by atoms with Crippen molar-refractivity contribution < 1.29 is 0 Å². The van der Waals surface area contributed by atoms with Crippen LogP contribution in [0.1, 0.15) is 38.5 Å². The second-order valence-electron chi connectivity index (χ2n) is 4.33. The zero-order chi connectivity index (χ0) is 12.1. The van der Waals surface area contributed by atoms with Crippen molar-refractivity contribution in [2.75, 3.05) is 17.7 Å². The van der Waals surface area contributed by atoms with Crippen LogP contribution in [0.2, 0.25) is 5.28 Å². The van der Waals surface area contributed by atoms with Crippen LogP contribution in [0.3, 0.4) is 0 Å². The van der Waals surface area contributed by atoms with Crippen LogP contribution in [-0.2, 0) is 0 Å². The third kappa shape index (κ3) is 3.70. The molecule has 1 heterocycles. The number of halogens is 1. The Morgan fingerprint density at radius 3 is 2.29 bits per heavy atom. The Kier molecular flexibility index (Phi) is 4.36. The highest BCUT2D eigenvalue weighted by atomic mass is 35.5. The van der Waals surface area contributed by atoms with E-state index in [2.05, 4.69) is 25.6 Å². The standard InChI is InChI=1S/C11H18ClN5/c1-13-10-15-9(12)16-11(17-10)14-8-6-4-2-3-5-7-8/h8H,2-7H2,1H3,(H2,13,14,15,16,17). The van der Waals surface area contributed by atoms with Crippen molar-refractivity contribution in [1.82, 2.24) is 15.0 Å². The molecular formula is C11H18ClN5. The smallest absolute Gasteiger partial charge is 0.229 e. The summed E-state index contributed by atoms with van der Waals surface area (Å²) in [5.74, 6) is 1.07. The number of rotatable bonds is 3. The third-order valence-electron chi connectivity index (χ3n) is 3.02. The Labute approximate surface area is 106 Å². The quantitative estimate of drug-likeness (QED) is 0.813. The molecule has 0 atom stereocenters. The first kappa shape index (κ1) is 12.4. The zero-order valence-electron chi connectivity index (χ0n) is 10.0. The van der Waals surface area contributed by atoms with Crippen molar-refractivity contribution in [2.45, 2.75) is 44.6 Å². The lowest BCUT2D eigenvalue weighted by Gasteiger charge is -2.16. The van der Waals surface area contributed by atoms with Crippen LogP contribution in [0.15, 0.2) is 0 Å². The molecule has 0 radical (unpaired) electrons. The molecule has 17 heavy (non-hydrogen) atoms. The highest BCUT2D eigenvalue weighted by Crippen LogP contribution is 2.20. The van der Waals surface area contributed by atoms with Gasteiger partial charge in [0, 0.05) is 13.1 Å². The molecule has 1 fully saturated rings. The maximum Gasteiger partial charge on any atom is 0.229 e. The molecule has 2 N–H and O–H groups in total. The summed E-state index contributed by atoms with van der Waals surface area (Å²) in [4.78, 5) is 12.3. The second-order valence-corrected chi connectivity index (χ2v) is 4.67. The number of nitrogens with one attached hydrogen (secondary N) is 2. The highest BCUT2D eigenvalue weighted by Gasteiger charge is 2.14. The largest absolute Gasteiger partial charge is 0.357 e. The fourth-order valence-corrected chi connectivity index (χ4v) is 2.29. The molecular weight excluding hydrogens is 238 g/mol. The number of aromatic nitrogens is 3. The average molecular weight is 256 g/mol. The molecule has 5 nitrogen and oxygen atoms in total. The van der Waals surface area contributed by atoms with Crippen LogP contribution in [-0.4, -0.2) is 28.0 Å². The lowest BCUT2D eigenvalue weighted by atomic mass is 10.1. The predicted molar refractivity (Wildman–Crippen MR) is 69.5 cm³/mol. The van der Waals surface area contributed by atoms with Gasteiger partial charge in [0.05, 0.1) is 0 Å². The molecule has 0 aromatic carbocycles. The minimum Gasteiger partial charge on any atom is -0.357 e. The van der Waals surface area contributed by atoms with Gasteiger partial charge in [-0.2, -0.15) is 15.0 Å². The Balaban J connectivity index is 2.03. The van der Waals surface area contributed by atoms with E-state index in [4.69, 9.17) is 11.6 Å². The van der Waals surface area contributed by atoms with Gasteiger partial charge in [-0.3, -0.25) is 0 Å². The zero-order valence-corrected chi connectivity index (χ0v) is 10.8. The fourth-order valence-electron chi connectivity index (χ4n) is 2.13. The summed E-state index contributed by atoms with van der Waals surface area (Å²) < 4.78 is 0. The highest BCUT2D eigenvalue weighted by molar-refractivity contribution is 6.28. The van der Waals surface area contributed by atoms with Gasteiger partial charge >= 0.3 is 0 Å². The van der Waals surface area contributed by atoms with Gasteiger partial charge in [-0.1, -0.05) is 25.7 Å². The molecule has 1 aromatic rings. The van der Waals surface area contributed by atoms with Crippen LogP contribution in [0.4, 0.5) is 11.9 Å². The van der Waals surface area contributed by atoms with Gasteiger partial charge in [-0.25, -0.2) is 0 Å². The summed E-state index contributed by atoms with van der Waals surface area (Å²) in [5, 5.41) is 6.44. The Hall–Kier alpha value is -1.10. The van der Waals surface area contributed by atoms with E-state index in [1.54, 1.807) is 7.05 Å². The van der Waals surface area contributed by atoms with Crippen molar-refractivity contribution in [2.24, 2.45) is 0 Å². The van der Waals surface area contributed by atoms with Gasteiger partial charge in [0.25, 0.3) is 0 Å². The molecule has 1 aromatic heterocycles. The van der Waals surface area contributed by atoms with Crippen LogP contribution in [0, 0.1) is 0 Å². The molecule has 0 saturated heterocycles. The van der Waals surface area contributed by atoms with Gasteiger partial charge in [-0.05, 0) is 24.4 Å². The van der Waals surface area contributed by atoms with Crippen molar-refractivity contribution in [3.8, 4) is 0 Å². The van der Waals surface area contributed by atoms with Crippen molar-refractivity contribution >= 4 is 23.5 Å². The maximum absolute atomic E-state index is 5.84. The number of nitrogens with zero attached hydrogens (tertiary/aromatic N) is 3. The second kappa shape index (κ2) is 6.00. The van der Waals surface area contributed by atoms with Gasteiger partial charge in [0.1, 0.15) is 0 Å². The Morgan fingerprint density at radius 1 is 1.00 bits per heavy atom. The van der Waals surface area contributed by atoms with E-state index >= 15 is 0 Å². The molecule has 0 spiro atoms. The van der Waals surface area contributed by atoms with Gasteiger partial charge < -0.3 is 10.6 Å². The molecule has 0 bridgehead atoms. The molecule has 1 aliphatic rings. The molecule has 0 amide bonds. The molecule has 2 rings (SSSR count). The normalized spacial score (nSPS) is 17.5. The fraction of sp³-hybridized carbons (Fsp3) is 0.727. The van der Waals surface area contributed by atoms with E-state index in [1.165, 1.54) is 38.5 Å². The Bertz CT molecular complexity index is 363. The monoisotopic (exact) mass is 255 g/mol. The van der Waals surface area contributed by atoms with Crippen LogP contribution >= 0.6 is 11.6 Å². The van der Waals surface area contributed by atoms with Crippen molar-refractivity contribution in [3.05, 3.63) is 5.28 Å². The topological polar surface area (TPSA) is 62.7 Å². The van der Waals surface area contributed by atoms with Crippen LogP contribution in [0.5, 0.6) is 0 Å². The van der Waals surface area contributed by atoms with E-state index in [9.17, 15) is 0 Å². The first-order chi connectivity index (χ1) is 8.28. The van der Waals surface area contributed by atoms with E-state index in [-0.39, 0.29) is 5.28 Å². The number of anilines is 2. The SMILES string of the molecule is CNc1nc(Cl)nc(NC2CCCCCC2)n1. The predicted octanol–water partition coefficient (Wildman–Crippen LogP) is 2.70. The van der Waals surface area contributed by atoms with Gasteiger partial charge in [0.15, 0.2) is 0 Å². The van der Waals surface area contributed by atoms with E-state index in [1.807, 2.05) is 0 Å².